The number of benzene rings is 2. The van der Waals surface area contributed by atoms with Crippen molar-refractivity contribution >= 4 is 45.1 Å². The number of carbonyl (C=O) groups excluding carboxylic acids is 2. The number of thioether (sulfide) groups is 1. The summed E-state index contributed by atoms with van der Waals surface area (Å²) in [6.45, 7) is 0. The van der Waals surface area contributed by atoms with E-state index in [9.17, 15) is 14.4 Å². The van der Waals surface area contributed by atoms with E-state index in [1.54, 1.807) is 40.2 Å². The fourth-order valence-corrected chi connectivity index (χ4v) is 6.16. The quantitative estimate of drug-likeness (QED) is 0.342. The minimum Gasteiger partial charge on any atom is -0.292 e. The van der Waals surface area contributed by atoms with Crippen LogP contribution in [0.25, 0.3) is 15.9 Å². The first-order valence-electron chi connectivity index (χ1n) is 10.8. The normalized spacial score (nSPS) is 13.0. The monoisotopic (exact) mass is 475 g/mol. The number of carbonyl (C=O) groups is 2. The molecule has 0 spiro atoms. The molecule has 0 radical (unpaired) electrons. The maximum atomic E-state index is 13.7. The molecule has 2 aromatic carbocycles. The van der Waals surface area contributed by atoms with Crippen LogP contribution >= 0.6 is 23.1 Å². The average molecular weight is 476 g/mol. The van der Waals surface area contributed by atoms with Gasteiger partial charge >= 0.3 is 0 Å². The van der Waals surface area contributed by atoms with Crippen LogP contribution in [-0.4, -0.2) is 27.1 Å². The predicted octanol–water partition coefficient (Wildman–Crippen LogP) is 4.37. The number of imide groups is 1. The third-order valence-corrected chi connectivity index (χ3v) is 7.72. The van der Waals surface area contributed by atoms with Gasteiger partial charge in [0.1, 0.15) is 4.83 Å². The van der Waals surface area contributed by atoms with E-state index in [4.69, 9.17) is 4.98 Å². The third kappa shape index (κ3) is 4.36. The molecule has 6 nitrogen and oxygen atoms in total. The molecule has 1 aliphatic rings. The molecule has 0 saturated carbocycles. The van der Waals surface area contributed by atoms with Crippen molar-refractivity contribution in [2.24, 2.45) is 0 Å². The van der Waals surface area contributed by atoms with Crippen molar-refractivity contribution in [1.29, 1.82) is 0 Å². The number of thiophene rings is 1. The summed E-state index contributed by atoms with van der Waals surface area (Å²) in [6.07, 6.45) is 4.09. The first-order chi connectivity index (χ1) is 16.1. The summed E-state index contributed by atoms with van der Waals surface area (Å²) < 4.78 is 1.58. The molecule has 2 amide bonds. The van der Waals surface area contributed by atoms with E-state index in [-0.39, 0.29) is 11.3 Å². The number of amides is 2. The molecule has 2 heterocycles. The Kier molecular flexibility index (Phi) is 6.11. The topological polar surface area (TPSA) is 81.1 Å². The summed E-state index contributed by atoms with van der Waals surface area (Å²) in [4.78, 5) is 45.2. The maximum Gasteiger partial charge on any atom is 0.267 e. The van der Waals surface area contributed by atoms with Gasteiger partial charge in [-0.15, -0.1) is 11.3 Å². The van der Waals surface area contributed by atoms with E-state index in [1.165, 1.54) is 4.88 Å². The van der Waals surface area contributed by atoms with Crippen molar-refractivity contribution < 1.29 is 9.59 Å². The first-order valence-corrected chi connectivity index (χ1v) is 12.6. The largest absolute Gasteiger partial charge is 0.292 e. The summed E-state index contributed by atoms with van der Waals surface area (Å²) in [7, 11) is 0. The lowest BCUT2D eigenvalue weighted by molar-refractivity contribution is -0.117. The Balaban J connectivity index is 1.47. The van der Waals surface area contributed by atoms with Crippen molar-refractivity contribution in [1.82, 2.24) is 14.9 Å². The highest BCUT2D eigenvalue weighted by molar-refractivity contribution is 7.99. The van der Waals surface area contributed by atoms with Crippen molar-refractivity contribution in [3.05, 3.63) is 87.0 Å². The summed E-state index contributed by atoms with van der Waals surface area (Å²) in [5.74, 6) is -0.918. The Morgan fingerprint density at radius 2 is 1.70 bits per heavy atom. The van der Waals surface area contributed by atoms with E-state index >= 15 is 0 Å². The number of aryl methyl sites for hydroxylation is 2. The van der Waals surface area contributed by atoms with Crippen LogP contribution in [0.3, 0.4) is 0 Å². The summed E-state index contributed by atoms with van der Waals surface area (Å²) in [5.41, 5.74) is 2.15. The van der Waals surface area contributed by atoms with Crippen molar-refractivity contribution in [3.63, 3.8) is 0 Å². The van der Waals surface area contributed by atoms with E-state index < -0.39 is 11.8 Å². The van der Waals surface area contributed by atoms with Crippen LogP contribution in [0.1, 0.15) is 33.6 Å². The Hall–Kier alpha value is -3.23. The van der Waals surface area contributed by atoms with Gasteiger partial charge in [0.2, 0.25) is 5.91 Å². The van der Waals surface area contributed by atoms with Crippen LogP contribution in [0.4, 0.5) is 0 Å². The second-order valence-corrected chi connectivity index (χ2v) is 9.82. The number of fused-ring (bicyclic) bond motifs is 3. The Bertz CT molecular complexity index is 1400. The van der Waals surface area contributed by atoms with Gasteiger partial charge in [-0.05, 0) is 55.5 Å². The molecular formula is C25H21N3O3S2. The van der Waals surface area contributed by atoms with Gasteiger partial charge in [-0.1, -0.05) is 48.2 Å². The fraction of sp³-hybridized carbons (Fsp3) is 0.200. The molecule has 1 aliphatic carbocycles. The third-order valence-electron chi connectivity index (χ3n) is 5.59. The first kappa shape index (κ1) is 21.6. The molecule has 33 heavy (non-hydrogen) atoms. The fourth-order valence-electron chi connectivity index (χ4n) is 4.04. The van der Waals surface area contributed by atoms with Crippen LogP contribution in [0, 0.1) is 0 Å². The number of hydrogen-bond donors (Lipinski definition) is 1. The van der Waals surface area contributed by atoms with Crippen LogP contribution in [-0.2, 0) is 17.6 Å². The molecule has 0 fully saturated rings. The summed E-state index contributed by atoms with van der Waals surface area (Å²) >= 11 is 2.74. The predicted molar refractivity (Wildman–Crippen MR) is 131 cm³/mol. The molecule has 0 saturated heterocycles. The van der Waals surface area contributed by atoms with Gasteiger partial charge in [-0.25, -0.2) is 4.98 Å². The summed E-state index contributed by atoms with van der Waals surface area (Å²) in [5, 5.41) is 3.55. The van der Waals surface area contributed by atoms with E-state index in [0.29, 0.717) is 21.8 Å². The molecular weight excluding hydrogens is 454 g/mol. The highest BCUT2D eigenvalue weighted by Gasteiger charge is 2.23. The zero-order valence-corrected chi connectivity index (χ0v) is 19.4. The maximum absolute atomic E-state index is 13.7. The second kappa shape index (κ2) is 9.33. The summed E-state index contributed by atoms with van der Waals surface area (Å²) in [6, 6.07) is 17.9. The van der Waals surface area contributed by atoms with Gasteiger partial charge in [0, 0.05) is 10.4 Å². The van der Waals surface area contributed by atoms with Gasteiger partial charge in [0.15, 0.2) is 5.16 Å². The Labute approximate surface area is 198 Å². The molecule has 1 N–H and O–H groups in total. The number of aromatic nitrogens is 2. The molecule has 5 rings (SSSR count). The minimum atomic E-state index is -0.448. The van der Waals surface area contributed by atoms with Crippen LogP contribution in [0.5, 0.6) is 0 Å². The van der Waals surface area contributed by atoms with Crippen LogP contribution in [0.15, 0.2) is 70.6 Å². The molecule has 0 unspecified atom stereocenters. The molecule has 166 valence electrons. The number of hydrogen-bond acceptors (Lipinski definition) is 6. The second-order valence-electron chi connectivity index (χ2n) is 7.79. The lowest BCUT2D eigenvalue weighted by atomic mass is 9.97. The van der Waals surface area contributed by atoms with E-state index in [2.05, 4.69) is 5.32 Å². The van der Waals surface area contributed by atoms with Crippen molar-refractivity contribution in [2.45, 2.75) is 30.8 Å². The molecule has 0 aliphatic heterocycles. The van der Waals surface area contributed by atoms with Gasteiger partial charge in [0.05, 0.1) is 16.8 Å². The molecule has 0 atom stereocenters. The standard InChI is InChI=1S/C25H21N3O3S2/c29-20(26-22(30)16-9-3-1-4-10-16)15-32-25-27-23-21(18-13-7-8-14-19(18)33-23)24(31)28(25)17-11-5-2-6-12-17/h1-6,9-12H,7-8,13-15H2,(H,26,29,30). The van der Waals surface area contributed by atoms with Gasteiger partial charge in [0.25, 0.3) is 11.5 Å². The number of nitrogens with zero attached hydrogens (tertiary/aromatic N) is 2. The molecule has 2 aromatic heterocycles. The highest BCUT2D eigenvalue weighted by atomic mass is 32.2. The number of nitrogens with one attached hydrogen (secondary N) is 1. The number of rotatable bonds is 5. The molecule has 8 heteroatoms. The van der Waals surface area contributed by atoms with E-state index in [1.807, 2.05) is 36.4 Å². The van der Waals surface area contributed by atoms with Crippen LogP contribution in [0.2, 0.25) is 0 Å². The number of para-hydroxylation sites is 1. The lowest BCUT2D eigenvalue weighted by Gasteiger charge is -2.13. The van der Waals surface area contributed by atoms with Crippen molar-refractivity contribution in [2.75, 3.05) is 5.75 Å². The van der Waals surface area contributed by atoms with Gasteiger partial charge in [-0.2, -0.15) is 0 Å². The minimum absolute atomic E-state index is 0.0333. The zero-order chi connectivity index (χ0) is 22.8. The highest BCUT2D eigenvalue weighted by Crippen LogP contribution is 2.35. The van der Waals surface area contributed by atoms with E-state index in [0.717, 1.165) is 47.8 Å². The lowest BCUT2D eigenvalue weighted by Crippen LogP contribution is -2.32. The molecule has 4 aromatic rings. The Morgan fingerprint density at radius 3 is 2.45 bits per heavy atom. The van der Waals surface area contributed by atoms with Crippen LogP contribution < -0.4 is 10.9 Å². The Morgan fingerprint density at radius 1 is 1.00 bits per heavy atom. The smallest absolute Gasteiger partial charge is 0.267 e. The zero-order valence-electron chi connectivity index (χ0n) is 17.7. The van der Waals surface area contributed by atoms with Gasteiger partial charge < -0.3 is 0 Å². The SMILES string of the molecule is O=C(CSc1nc2sc3c(c2c(=O)n1-c1ccccc1)CCCC3)NC(=O)c1ccccc1. The molecule has 0 bridgehead atoms. The van der Waals surface area contributed by atoms with Gasteiger partial charge in [-0.3, -0.25) is 24.3 Å². The average Bonchev–Trinajstić information content (AvgIpc) is 3.22. The van der Waals surface area contributed by atoms with Crippen molar-refractivity contribution in [3.8, 4) is 5.69 Å².